The molecule has 1 amide bonds. The van der Waals surface area contributed by atoms with Gasteiger partial charge >= 0.3 is 0 Å². The van der Waals surface area contributed by atoms with Crippen LogP contribution in [0.2, 0.25) is 0 Å². The van der Waals surface area contributed by atoms with Crippen molar-refractivity contribution in [2.24, 2.45) is 0 Å². The number of hydrogen-bond acceptors (Lipinski definition) is 8. The second-order valence-electron chi connectivity index (χ2n) is 6.52. The lowest BCUT2D eigenvalue weighted by Crippen LogP contribution is -2.37. The molecule has 1 aliphatic heterocycles. The van der Waals surface area contributed by atoms with Gasteiger partial charge in [0, 0.05) is 12.7 Å². The molecule has 148 valence electrons. The van der Waals surface area contributed by atoms with Gasteiger partial charge in [0.05, 0.1) is 26.9 Å². The number of fused-ring (bicyclic) bond motifs is 1. The van der Waals surface area contributed by atoms with Crippen LogP contribution in [0.25, 0.3) is 10.2 Å². The van der Waals surface area contributed by atoms with Crippen LogP contribution in [-0.2, 0) is 4.74 Å². The third kappa shape index (κ3) is 3.43. The maximum Gasteiger partial charge on any atom is 0.282 e. The number of carbonyl (C=O) groups excluding carboxylic acids is 1. The Bertz CT molecular complexity index is 952. The van der Waals surface area contributed by atoms with Crippen molar-refractivity contribution in [3.05, 3.63) is 29.7 Å². The minimum Gasteiger partial charge on any atom is -0.495 e. The molecule has 1 aliphatic rings. The summed E-state index contributed by atoms with van der Waals surface area (Å²) in [5.74, 6) is 1.61. The SMILES string of the molecule is COc1ccc(OC)c2sc(N(C[C@@H]3CCCO3)C(=O)c3cc(C)on3)nc12. The van der Waals surface area contributed by atoms with Crippen LogP contribution in [0, 0.1) is 6.92 Å². The fourth-order valence-electron chi connectivity index (χ4n) is 3.24. The first-order chi connectivity index (χ1) is 13.6. The van der Waals surface area contributed by atoms with Crippen LogP contribution in [0.1, 0.15) is 29.1 Å². The summed E-state index contributed by atoms with van der Waals surface area (Å²) < 4.78 is 22.6. The Morgan fingerprint density at radius 3 is 2.75 bits per heavy atom. The molecule has 4 rings (SSSR count). The highest BCUT2D eigenvalue weighted by atomic mass is 32.1. The molecule has 0 aliphatic carbocycles. The van der Waals surface area contributed by atoms with Gasteiger partial charge in [0.1, 0.15) is 27.5 Å². The smallest absolute Gasteiger partial charge is 0.282 e. The number of benzene rings is 1. The van der Waals surface area contributed by atoms with Gasteiger partial charge in [-0.15, -0.1) is 0 Å². The van der Waals surface area contributed by atoms with E-state index in [1.807, 2.05) is 6.07 Å². The number of ether oxygens (including phenoxy) is 3. The monoisotopic (exact) mass is 403 g/mol. The summed E-state index contributed by atoms with van der Waals surface area (Å²) in [5.41, 5.74) is 0.900. The van der Waals surface area contributed by atoms with E-state index in [1.54, 1.807) is 38.2 Å². The molecule has 1 atom stereocenters. The minimum atomic E-state index is -0.274. The lowest BCUT2D eigenvalue weighted by Gasteiger charge is -2.21. The molecule has 0 radical (unpaired) electrons. The Hall–Kier alpha value is -2.65. The van der Waals surface area contributed by atoms with Gasteiger partial charge in [-0.1, -0.05) is 16.5 Å². The maximum absolute atomic E-state index is 13.2. The van der Waals surface area contributed by atoms with E-state index in [9.17, 15) is 4.79 Å². The normalized spacial score (nSPS) is 16.5. The predicted octanol–water partition coefficient (Wildman–Crippen LogP) is 3.44. The molecule has 0 unspecified atom stereocenters. The second-order valence-corrected chi connectivity index (χ2v) is 7.50. The van der Waals surface area contributed by atoms with Gasteiger partial charge < -0.3 is 18.7 Å². The molecule has 1 fully saturated rings. The molecule has 0 N–H and O–H groups in total. The van der Waals surface area contributed by atoms with Crippen molar-refractivity contribution in [2.75, 3.05) is 32.3 Å². The van der Waals surface area contributed by atoms with Gasteiger partial charge in [-0.25, -0.2) is 4.98 Å². The molecular weight excluding hydrogens is 382 g/mol. The maximum atomic E-state index is 13.2. The number of rotatable bonds is 6. The average molecular weight is 403 g/mol. The fraction of sp³-hybridized carbons (Fsp3) is 0.421. The van der Waals surface area contributed by atoms with Crippen LogP contribution in [0.3, 0.4) is 0 Å². The van der Waals surface area contributed by atoms with Crippen molar-refractivity contribution < 1.29 is 23.5 Å². The summed E-state index contributed by atoms with van der Waals surface area (Å²) in [5, 5.41) is 4.42. The van der Waals surface area contributed by atoms with E-state index in [-0.39, 0.29) is 17.7 Å². The molecule has 9 heteroatoms. The zero-order valence-electron chi connectivity index (χ0n) is 15.9. The van der Waals surface area contributed by atoms with Crippen molar-refractivity contribution in [1.82, 2.24) is 10.1 Å². The number of methoxy groups -OCH3 is 2. The molecular formula is C19H21N3O5S. The lowest BCUT2D eigenvalue weighted by atomic mass is 10.2. The molecule has 0 spiro atoms. The van der Waals surface area contributed by atoms with Crippen molar-refractivity contribution >= 4 is 32.6 Å². The first-order valence-corrected chi connectivity index (χ1v) is 9.80. The van der Waals surface area contributed by atoms with Gasteiger partial charge in [0.15, 0.2) is 10.8 Å². The van der Waals surface area contributed by atoms with E-state index in [2.05, 4.69) is 5.16 Å². The molecule has 3 heterocycles. The Labute approximate surface area is 166 Å². The molecule has 3 aromatic rings. The number of nitrogens with zero attached hydrogens (tertiary/aromatic N) is 3. The van der Waals surface area contributed by atoms with Gasteiger partial charge in [-0.3, -0.25) is 9.69 Å². The van der Waals surface area contributed by atoms with Crippen LogP contribution >= 0.6 is 11.3 Å². The van der Waals surface area contributed by atoms with E-state index in [4.69, 9.17) is 23.7 Å². The summed E-state index contributed by atoms with van der Waals surface area (Å²) in [6.07, 6.45) is 1.85. The first kappa shape index (κ1) is 18.7. The fourth-order valence-corrected chi connectivity index (χ4v) is 4.32. The van der Waals surface area contributed by atoms with Crippen LogP contribution < -0.4 is 14.4 Å². The predicted molar refractivity (Wildman–Crippen MR) is 105 cm³/mol. The number of anilines is 1. The van der Waals surface area contributed by atoms with Crippen LogP contribution in [0.15, 0.2) is 22.7 Å². The van der Waals surface area contributed by atoms with Gasteiger partial charge in [0.25, 0.3) is 5.91 Å². The molecule has 0 saturated carbocycles. The highest BCUT2D eigenvalue weighted by Gasteiger charge is 2.29. The number of carbonyl (C=O) groups is 1. The summed E-state index contributed by atoms with van der Waals surface area (Å²) >= 11 is 1.37. The standard InChI is InChI=1S/C19H21N3O5S/c1-11-9-13(21-27-11)18(23)22(10-12-5-4-8-26-12)19-20-16-14(24-2)6-7-15(25-3)17(16)28-19/h6-7,9,12H,4-5,8,10H2,1-3H3/t12-/m0/s1. The van der Waals surface area contributed by atoms with E-state index >= 15 is 0 Å². The zero-order chi connectivity index (χ0) is 19.7. The lowest BCUT2D eigenvalue weighted by molar-refractivity contribution is 0.0910. The number of hydrogen-bond donors (Lipinski definition) is 0. The zero-order valence-corrected chi connectivity index (χ0v) is 16.7. The highest BCUT2D eigenvalue weighted by Crippen LogP contribution is 2.40. The summed E-state index contributed by atoms with van der Waals surface area (Å²) in [4.78, 5) is 19.5. The van der Waals surface area contributed by atoms with Crippen molar-refractivity contribution in [1.29, 1.82) is 0 Å². The van der Waals surface area contributed by atoms with E-state index < -0.39 is 0 Å². The highest BCUT2D eigenvalue weighted by molar-refractivity contribution is 7.22. The Morgan fingerprint density at radius 2 is 2.11 bits per heavy atom. The average Bonchev–Trinajstić information content (AvgIpc) is 3.45. The molecule has 0 bridgehead atoms. The summed E-state index contributed by atoms with van der Waals surface area (Å²) in [7, 11) is 3.20. The van der Waals surface area contributed by atoms with Gasteiger partial charge in [-0.05, 0) is 31.9 Å². The third-order valence-corrected chi connectivity index (χ3v) is 5.73. The van der Waals surface area contributed by atoms with E-state index in [1.165, 1.54) is 11.3 Å². The molecule has 8 nitrogen and oxygen atoms in total. The Morgan fingerprint density at radius 1 is 1.32 bits per heavy atom. The van der Waals surface area contributed by atoms with Crippen LogP contribution in [-0.4, -0.2) is 49.5 Å². The van der Waals surface area contributed by atoms with Crippen molar-refractivity contribution in [3.8, 4) is 11.5 Å². The molecule has 28 heavy (non-hydrogen) atoms. The number of thiazole rings is 1. The Balaban J connectivity index is 1.77. The van der Waals surface area contributed by atoms with Gasteiger partial charge in [0.2, 0.25) is 0 Å². The number of aromatic nitrogens is 2. The van der Waals surface area contributed by atoms with E-state index in [0.29, 0.717) is 41.1 Å². The van der Waals surface area contributed by atoms with Crippen molar-refractivity contribution in [3.63, 3.8) is 0 Å². The van der Waals surface area contributed by atoms with Gasteiger partial charge in [-0.2, -0.15) is 0 Å². The van der Waals surface area contributed by atoms with Crippen LogP contribution in [0.5, 0.6) is 11.5 Å². The topological polar surface area (TPSA) is 86.9 Å². The van der Waals surface area contributed by atoms with E-state index in [0.717, 1.165) is 17.5 Å². The quantitative estimate of drug-likeness (QED) is 0.623. The largest absolute Gasteiger partial charge is 0.495 e. The molecule has 1 saturated heterocycles. The van der Waals surface area contributed by atoms with Crippen molar-refractivity contribution in [2.45, 2.75) is 25.9 Å². The summed E-state index contributed by atoms with van der Waals surface area (Å²) in [6.45, 7) is 2.86. The second kappa shape index (κ2) is 7.76. The molecule has 2 aromatic heterocycles. The summed E-state index contributed by atoms with van der Waals surface area (Å²) in [6, 6.07) is 5.26. The first-order valence-electron chi connectivity index (χ1n) is 8.99. The molecule has 1 aromatic carbocycles. The van der Waals surface area contributed by atoms with Crippen LogP contribution in [0.4, 0.5) is 5.13 Å². The number of aryl methyl sites for hydroxylation is 1. The third-order valence-electron chi connectivity index (χ3n) is 4.63. The number of amides is 1. The minimum absolute atomic E-state index is 0.0345. The Kier molecular flexibility index (Phi) is 5.19.